The molecular formula is C24H37N4O4PSW. The molecule has 4 heterocycles. The Morgan fingerprint density at radius 1 is 0.686 bits per heavy atom. The van der Waals surface area contributed by atoms with Crippen LogP contribution in [0.2, 0.25) is 0 Å². The summed E-state index contributed by atoms with van der Waals surface area (Å²) in [5, 5.41) is 0. The molecule has 4 aliphatic rings. The molecule has 4 fully saturated rings. The topological polar surface area (TPSA) is 89.3 Å². The van der Waals surface area contributed by atoms with Gasteiger partial charge in [-0.3, -0.25) is 14.7 Å². The Hall–Kier alpha value is -0.642. The van der Waals surface area contributed by atoms with Crippen LogP contribution in [0.1, 0.15) is 27.7 Å². The summed E-state index contributed by atoms with van der Waals surface area (Å²) in [5.41, 5.74) is 0. The summed E-state index contributed by atoms with van der Waals surface area (Å²) < 4.78 is 31.3. The first kappa shape index (κ1) is 41.5. The molecule has 5 rings (SSSR count). The quantitative estimate of drug-likeness (QED) is 0.159. The SMILES string of the molecule is C1N2CN3CN1CP(C2)C3.CC[N+](CC)(CC)CC.[C-]#[O+].[C-]#[O+].[C-]#[O+].[C-]#[O+].[S-]c1ccccc1.[W]. The zero-order valence-corrected chi connectivity index (χ0v) is 25.8. The van der Waals surface area contributed by atoms with Crippen LogP contribution in [-0.2, 0) is 52.3 Å². The molecule has 0 unspecified atom stereocenters. The van der Waals surface area contributed by atoms with Crippen LogP contribution < -0.4 is 0 Å². The maximum absolute atomic E-state index is 7.50. The van der Waals surface area contributed by atoms with E-state index in [1.807, 2.05) is 30.3 Å². The number of nitrogens with zero attached hydrogens (tertiary/aromatic N) is 4. The van der Waals surface area contributed by atoms with Gasteiger partial charge >= 0.3 is 45.2 Å². The molecule has 194 valence electrons. The van der Waals surface area contributed by atoms with Crippen molar-refractivity contribution < 1.29 is 44.2 Å². The Morgan fingerprint density at radius 2 is 0.971 bits per heavy atom. The standard InChI is InChI=1S/C8H20N.C6H12N3P.C6H6S.4CO.W/c1-5-9(6-2,7-3)8-4;1-7-2-9-3-8(1)5-10(4-7)6-9;7-6-4-2-1-3-5-6;4*1-2;/h5-8H2,1-4H3;1-6H2;1-5,7H;;;;;/q+1;;;;;;;/p-1. The van der Waals surface area contributed by atoms with Gasteiger partial charge in [0, 0.05) is 39.9 Å². The van der Waals surface area contributed by atoms with Gasteiger partial charge in [-0.15, -0.1) is 0 Å². The fourth-order valence-electron chi connectivity index (χ4n) is 4.00. The molecule has 0 saturated carbocycles. The molecule has 35 heavy (non-hydrogen) atoms. The second kappa shape index (κ2) is 27.9. The zero-order valence-electron chi connectivity index (χ0n) is 21.1. The van der Waals surface area contributed by atoms with Crippen LogP contribution in [0.5, 0.6) is 0 Å². The van der Waals surface area contributed by atoms with E-state index < -0.39 is 0 Å². The largest absolute Gasteiger partial charge is 0.780 e. The van der Waals surface area contributed by atoms with Gasteiger partial charge in [0.2, 0.25) is 0 Å². The van der Waals surface area contributed by atoms with Crippen molar-refractivity contribution in [2.45, 2.75) is 32.6 Å². The molecule has 0 aromatic heterocycles. The van der Waals surface area contributed by atoms with E-state index in [0.29, 0.717) is 7.92 Å². The average Bonchev–Trinajstić information content (AvgIpc) is 2.91. The van der Waals surface area contributed by atoms with Gasteiger partial charge in [0.15, 0.2) is 0 Å². The Labute approximate surface area is 233 Å². The second-order valence-corrected chi connectivity index (χ2v) is 10.1. The smallest absolute Gasteiger partial charge is 0 e. The predicted molar refractivity (Wildman–Crippen MR) is 132 cm³/mol. The minimum atomic E-state index is 0. The summed E-state index contributed by atoms with van der Waals surface area (Å²) in [6, 6.07) is 9.62. The van der Waals surface area contributed by atoms with Crippen LogP contribution in [0.15, 0.2) is 35.2 Å². The molecule has 1 aromatic rings. The third-order valence-electron chi connectivity index (χ3n) is 5.83. The predicted octanol–water partition coefficient (Wildman–Crippen LogP) is 3.48. The summed E-state index contributed by atoms with van der Waals surface area (Å²) in [4.78, 5) is 8.62. The number of rotatable bonds is 4. The van der Waals surface area contributed by atoms with E-state index in [-0.39, 0.29) is 21.1 Å². The van der Waals surface area contributed by atoms with Crippen LogP contribution in [0.3, 0.4) is 0 Å². The molecule has 0 aliphatic carbocycles. The zero-order chi connectivity index (χ0) is 27.0. The number of benzene rings is 1. The van der Waals surface area contributed by atoms with Crippen molar-refractivity contribution in [3.05, 3.63) is 56.9 Å². The third kappa shape index (κ3) is 17.4. The fraction of sp³-hybridized carbons (Fsp3) is 0.583. The molecule has 0 radical (unpaired) electrons. The molecule has 1 aromatic carbocycles. The van der Waals surface area contributed by atoms with Gasteiger partial charge in [0.1, 0.15) is 0 Å². The Kier molecular flexibility index (Phi) is 33.1. The number of hydrogen-bond acceptors (Lipinski definition) is 4. The molecular weight excluding hydrogens is 655 g/mol. The van der Waals surface area contributed by atoms with Gasteiger partial charge in [-0.25, -0.2) is 0 Å². The van der Waals surface area contributed by atoms with Gasteiger partial charge in [-0.2, -0.15) is 4.90 Å². The summed E-state index contributed by atoms with van der Waals surface area (Å²) in [5.74, 6) is 0. The fourth-order valence-corrected chi connectivity index (χ4v) is 6.66. The molecule has 11 heteroatoms. The third-order valence-corrected chi connectivity index (χ3v) is 8.50. The molecule has 4 bridgehead atoms. The van der Waals surface area contributed by atoms with Crippen LogP contribution in [-0.4, -0.2) is 84.2 Å². The second-order valence-electron chi connectivity index (χ2n) is 7.45. The van der Waals surface area contributed by atoms with Crippen molar-refractivity contribution >= 4 is 20.6 Å². The van der Waals surface area contributed by atoms with Gasteiger partial charge in [-0.05, 0) is 27.7 Å². The maximum atomic E-state index is 7.50. The van der Waals surface area contributed by atoms with Crippen molar-refractivity contribution in [1.29, 1.82) is 0 Å². The number of hydrogen-bond donors (Lipinski definition) is 0. The normalized spacial score (nSPS) is 21.5. The molecule has 0 spiro atoms. The summed E-state index contributed by atoms with van der Waals surface area (Å²) >= 11 is 4.81. The summed E-state index contributed by atoms with van der Waals surface area (Å²) in [6.45, 7) is 36.0. The van der Waals surface area contributed by atoms with Crippen LogP contribution in [0.25, 0.3) is 0 Å². The minimum absolute atomic E-state index is 0. The minimum Gasteiger partial charge on any atom is -0.780 e. The van der Waals surface area contributed by atoms with Crippen molar-refractivity contribution in [1.82, 2.24) is 14.7 Å². The Morgan fingerprint density at radius 3 is 1.11 bits per heavy atom. The molecule has 4 aliphatic heterocycles. The van der Waals surface area contributed by atoms with Crippen molar-refractivity contribution in [2.75, 3.05) is 65.0 Å². The van der Waals surface area contributed by atoms with E-state index in [1.54, 1.807) is 0 Å². The van der Waals surface area contributed by atoms with Crippen LogP contribution in [0.4, 0.5) is 0 Å². The van der Waals surface area contributed by atoms with E-state index in [0.717, 1.165) is 4.90 Å². The van der Waals surface area contributed by atoms with Crippen LogP contribution >= 0.6 is 7.92 Å². The first-order chi connectivity index (χ1) is 16.5. The molecule has 0 amide bonds. The van der Waals surface area contributed by atoms with E-state index in [1.165, 1.54) is 69.5 Å². The molecule has 8 nitrogen and oxygen atoms in total. The van der Waals surface area contributed by atoms with Gasteiger partial charge in [-0.1, -0.05) is 38.3 Å². The van der Waals surface area contributed by atoms with Crippen molar-refractivity contribution in [3.8, 4) is 0 Å². The molecule has 4 saturated heterocycles. The first-order valence-electron chi connectivity index (χ1n) is 10.8. The first-order valence-corrected chi connectivity index (χ1v) is 13.1. The van der Waals surface area contributed by atoms with Crippen molar-refractivity contribution in [2.24, 2.45) is 0 Å². The Bertz CT molecular complexity index is 590. The monoisotopic (exact) mass is 692 g/mol. The van der Waals surface area contributed by atoms with E-state index >= 15 is 0 Å². The number of quaternary nitrogens is 1. The van der Waals surface area contributed by atoms with E-state index in [4.69, 9.17) is 31.2 Å². The van der Waals surface area contributed by atoms with Gasteiger partial charge in [0.05, 0.1) is 46.2 Å². The summed E-state index contributed by atoms with van der Waals surface area (Å²) in [6.07, 6.45) is 4.26. The maximum Gasteiger partial charge on any atom is 0 e. The molecule has 0 N–H and O–H groups in total. The van der Waals surface area contributed by atoms with E-state index in [2.05, 4.69) is 69.0 Å². The summed E-state index contributed by atoms with van der Waals surface area (Å²) in [7, 11) is 0.366. The van der Waals surface area contributed by atoms with Gasteiger partial charge < -0.3 is 17.1 Å². The van der Waals surface area contributed by atoms with Crippen LogP contribution in [0, 0.1) is 26.6 Å². The van der Waals surface area contributed by atoms with Crippen molar-refractivity contribution in [3.63, 3.8) is 0 Å². The average molecular weight is 692 g/mol. The molecule has 0 atom stereocenters. The van der Waals surface area contributed by atoms with E-state index in [9.17, 15) is 0 Å². The van der Waals surface area contributed by atoms with Gasteiger partial charge in [0.25, 0.3) is 0 Å². The Balaban J connectivity index is -0.000000180.